The monoisotopic (exact) mass is 403 g/mol. The van der Waals surface area contributed by atoms with Crippen LogP contribution in [0.25, 0.3) is 0 Å². The summed E-state index contributed by atoms with van der Waals surface area (Å²) >= 11 is 0. The first-order valence-electron chi connectivity index (χ1n) is 10.5. The topological polar surface area (TPSA) is 33.0 Å². The second-order valence-electron chi connectivity index (χ2n) is 8.34. The van der Waals surface area contributed by atoms with E-state index in [1.54, 1.807) is 18.2 Å². The van der Waals surface area contributed by atoms with E-state index >= 15 is 0 Å². The molecule has 156 valence electrons. The molecule has 2 saturated carbocycles. The van der Waals surface area contributed by atoms with Crippen LogP contribution in [0.15, 0.2) is 48.6 Å². The summed E-state index contributed by atoms with van der Waals surface area (Å²) in [5.74, 6) is 1.89. The first-order chi connectivity index (χ1) is 13.9. The van der Waals surface area contributed by atoms with Crippen LogP contribution in [0.3, 0.4) is 0 Å². The molecule has 0 N–H and O–H groups in total. The largest absolute Gasteiger partial charge is 0.573 e. The van der Waals surface area contributed by atoms with Gasteiger partial charge in [-0.25, -0.2) is 0 Å². The van der Waals surface area contributed by atoms with E-state index in [0.29, 0.717) is 23.7 Å². The highest BCUT2D eigenvalue weighted by Crippen LogP contribution is 2.44. The molecule has 1 aromatic carbocycles. The summed E-state index contributed by atoms with van der Waals surface area (Å²) in [4.78, 5) is 0. The van der Waals surface area contributed by atoms with E-state index in [9.17, 15) is 13.2 Å². The Morgan fingerprint density at radius 3 is 2.03 bits per heavy atom. The third-order valence-electron chi connectivity index (χ3n) is 6.58. The first kappa shape index (κ1) is 21.5. The Kier molecular flexibility index (Phi) is 7.05. The zero-order chi connectivity index (χ0) is 20.9. The van der Waals surface area contributed by atoms with Crippen LogP contribution in [0, 0.1) is 29.1 Å². The van der Waals surface area contributed by atoms with E-state index in [2.05, 4.69) is 17.4 Å². The highest BCUT2D eigenvalue weighted by molar-refractivity contribution is 5.30. The van der Waals surface area contributed by atoms with E-state index in [4.69, 9.17) is 5.26 Å². The quantitative estimate of drug-likeness (QED) is 0.382. The number of benzene rings is 1. The Morgan fingerprint density at radius 1 is 0.966 bits per heavy atom. The Morgan fingerprint density at radius 2 is 1.52 bits per heavy atom. The lowest BCUT2D eigenvalue weighted by Gasteiger charge is -2.35. The fourth-order valence-corrected chi connectivity index (χ4v) is 4.93. The summed E-state index contributed by atoms with van der Waals surface area (Å²) in [6, 6.07) is 8.42. The van der Waals surface area contributed by atoms with Gasteiger partial charge in [0, 0.05) is 6.08 Å². The minimum Gasteiger partial charge on any atom is -0.406 e. The van der Waals surface area contributed by atoms with E-state index in [1.165, 1.54) is 17.7 Å². The second kappa shape index (κ2) is 9.52. The van der Waals surface area contributed by atoms with Gasteiger partial charge in [0.2, 0.25) is 0 Å². The third kappa shape index (κ3) is 6.13. The van der Waals surface area contributed by atoms with Gasteiger partial charge >= 0.3 is 6.36 Å². The maximum absolute atomic E-state index is 12.3. The molecule has 3 rings (SSSR count). The Bertz CT molecular complexity index is 744. The van der Waals surface area contributed by atoms with Gasteiger partial charge < -0.3 is 4.74 Å². The molecule has 0 aromatic heterocycles. The zero-order valence-corrected chi connectivity index (χ0v) is 16.6. The van der Waals surface area contributed by atoms with Gasteiger partial charge in [-0.3, -0.25) is 0 Å². The van der Waals surface area contributed by atoms with Crippen molar-refractivity contribution in [1.29, 1.82) is 5.26 Å². The molecule has 0 atom stereocenters. The van der Waals surface area contributed by atoms with Crippen molar-refractivity contribution in [2.75, 3.05) is 0 Å². The Balaban J connectivity index is 1.47. The molecule has 0 spiro atoms. The summed E-state index contributed by atoms with van der Waals surface area (Å²) in [6.07, 6.45) is 7.83. The number of nitrogens with zero attached hydrogens (tertiary/aromatic N) is 1. The summed E-state index contributed by atoms with van der Waals surface area (Å²) in [6.45, 7) is 4.44. The van der Waals surface area contributed by atoms with Gasteiger partial charge in [0.05, 0.1) is 6.07 Å². The van der Waals surface area contributed by atoms with Crippen molar-refractivity contribution in [3.8, 4) is 11.8 Å². The fourth-order valence-electron chi connectivity index (χ4n) is 4.93. The summed E-state index contributed by atoms with van der Waals surface area (Å²) in [5.41, 5.74) is 2.48. The number of halogens is 3. The number of hydrogen-bond donors (Lipinski definition) is 0. The number of nitriles is 1. The molecule has 0 bridgehead atoms. The van der Waals surface area contributed by atoms with Gasteiger partial charge in [-0.05, 0) is 92.7 Å². The Hall–Kier alpha value is -2.22. The van der Waals surface area contributed by atoms with E-state index in [0.717, 1.165) is 56.9 Å². The van der Waals surface area contributed by atoms with Crippen LogP contribution in [0.5, 0.6) is 5.75 Å². The molecule has 0 unspecified atom stereocenters. The minimum atomic E-state index is -4.65. The lowest BCUT2D eigenvalue weighted by Crippen LogP contribution is -2.22. The summed E-state index contributed by atoms with van der Waals surface area (Å²) in [7, 11) is 0. The average Bonchev–Trinajstić information content (AvgIpc) is 2.72. The third-order valence-corrected chi connectivity index (χ3v) is 6.58. The van der Waals surface area contributed by atoms with E-state index < -0.39 is 6.36 Å². The molecule has 0 radical (unpaired) electrons. The van der Waals surface area contributed by atoms with Crippen molar-refractivity contribution in [2.45, 2.75) is 63.6 Å². The molecule has 29 heavy (non-hydrogen) atoms. The standard InChI is InChI=1S/C24H28F3NO/c1-17(19-6-4-18(5-7-19)3-2-16-28)20-8-10-21(11-9-20)22-12-14-23(15-13-22)29-24(25,26)27/h2-3,12-15,18-21H,1,4-11H2. The van der Waals surface area contributed by atoms with Crippen molar-refractivity contribution in [1.82, 2.24) is 0 Å². The predicted molar refractivity (Wildman–Crippen MR) is 107 cm³/mol. The van der Waals surface area contributed by atoms with Gasteiger partial charge in [0.25, 0.3) is 0 Å². The van der Waals surface area contributed by atoms with Gasteiger partial charge in [0.1, 0.15) is 5.75 Å². The number of hydrogen-bond acceptors (Lipinski definition) is 2. The van der Waals surface area contributed by atoms with Crippen LogP contribution < -0.4 is 4.74 Å². The molecule has 1 aromatic rings. The maximum Gasteiger partial charge on any atom is 0.573 e. The highest BCUT2D eigenvalue weighted by Gasteiger charge is 2.32. The molecule has 5 heteroatoms. The van der Waals surface area contributed by atoms with Crippen LogP contribution in [-0.4, -0.2) is 6.36 Å². The smallest absolute Gasteiger partial charge is 0.406 e. The molecule has 2 aliphatic carbocycles. The average molecular weight is 403 g/mol. The molecule has 0 saturated heterocycles. The molecular weight excluding hydrogens is 375 g/mol. The van der Waals surface area contributed by atoms with Gasteiger partial charge in [-0.1, -0.05) is 30.4 Å². The van der Waals surface area contributed by atoms with Crippen LogP contribution in [0.2, 0.25) is 0 Å². The lowest BCUT2D eigenvalue weighted by molar-refractivity contribution is -0.274. The zero-order valence-electron chi connectivity index (χ0n) is 16.6. The van der Waals surface area contributed by atoms with Gasteiger partial charge in [-0.15, -0.1) is 13.2 Å². The van der Waals surface area contributed by atoms with Crippen LogP contribution in [-0.2, 0) is 0 Å². The van der Waals surface area contributed by atoms with Crippen LogP contribution in [0.1, 0.15) is 62.8 Å². The van der Waals surface area contributed by atoms with Crippen LogP contribution >= 0.6 is 0 Å². The van der Waals surface area contributed by atoms with E-state index in [-0.39, 0.29) is 5.75 Å². The van der Waals surface area contributed by atoms with Crippen molar-refractivity contribution in [2.24, 2.45) is 17.8 Å². The first-order valence-corrected chi connectivity index (χ1v) is 10.5. The molecule has 2 fully saturated rings. The summed E-state index contributed by atoms with van der Waals surface area (Å²) < 4.78 is 40.9. The van der Waals surface area contributed by atoms with Crippen molar-refractivity contribution < 1.29 is 17.9 Å². The fraction of sp³-hybridized carbons (Fsp3) is 0.542. The van der Waals surface area contributed by atoms with Gasteiger partial charge in [-0.2, -0.15) is 5.26 Å². The summed E-state index contributed by atoms with van der Waals surface area (Å²) in [5, 5.41) is 8.67. The Labute approximate surface area is 171 Å². The second-order valence-corrected chi connectivity index (χ2v) is 8.34. The van der Waals surface area contributed by atoms with E-state index in [1.807, 2.05) is 6.08 Å². The van der Waals surface area contributed by atoms with Crippen molar-refractivity contribution in [3.63, 3.8) is 0 Å². The predicted octanol–water partition coefficient (Wildman–Crippen LogP) is 7.30. The maximum atomic E-state index is 12.3. The molecule has 2 nitrogen and oxygen atoms in total. The molecular formula is C24H28F3NO. The molecule has 0 amide bonds. The number of ether oxygens (including phenoxy) is 1. The van der Waals surface area contributed by atoms with Crippen molar-refractivity contribution in [3.05, 3.63) is 54.1 Å². The van der Waals surface area contributed by atoms with Crippen LogP contribution in [0.4, 0.5) is 13.2 Å². The lowest BCUT2D eigenvalue weighted by atomic mass is 9.70. The number of alkyl halides is 3. The van der Waals surface area contributed by atoms with Gasteiger partial charge in [0.15, 0.2) is 0 Å². The molecule has 0 heterocycles. The highest BCUT2D eigenvalue weighted by atomic mass is 19.4. The molecule has 0 aliphatic heterocycles. The number of rotatable bonds is 5. The normalized spacial score (nSPS) is 28.1. The molecule has 2 aliphatic rings. The van der Waals surface area contributed by atoms with Crippen molar-refractivity contribution >= 4 is 0 Å². The number of allylic oxidation sites excluding steroid dienone is 3. The minimum absolute atomic E-state index is 0.163. The SMILES string of the molecule is C=C(C1CCC(C=CC#N)CC1)C1CCC(c2ccc(OC(F)(F)F)cc2)CC1.